The molecule has 1 N–H and O–H groups in total. The number of carboxylic acid groups (broad SMARTS) is 1. The van der Waals surface area contributed by atoms with Crippen molar-refractivity contribution in [3.05, 3.63) is 36.9 Å². The van der Waals surface area contributed by atoms with E-state index in [2.05, 4.69) is 4.74 Å². The molecule has 102 valence electrons. The lowest BCUT2D eigenvalue weighted by molar-refractivity contribution is -0.396. The Labute approximate surface area is 110 Å². The van der Waals surface area contributed by atoms with Crippen LogP contribution in [0.5, 0.6) is 5.75 Å². The summed E-state index contributed by atoms with van der Waals surface area (Å²) in [5, 5.41) is 30.0. The van der Waals surface area contributed by atoms with Gasteiger partial charge in [0.1, 0.15) is 0 Å². The molecule has 0 spiro atoms. The molecule has 1 rings (SSSR count). The highest BCUT2D eigenvalue weighted by Crippen LogP contribution is 2.42. The van der Waals surface area contributed by atoms with E-state index in [-0.39, 0.29) is 10.6 Å². The Morgan fingerprint density at radius 1 is 1.42 bits per heavy atom. The maximum atomic E-state index is 10.9. The molecule has 0 saturated carbocycles. The minimum atomic E-state index is -1.42. The van der Waals surface area contributed by atoms with Gasteiger partial charge in [0.2, 0.25) is 0 Å². The first-order valence-electron chi connectivity index (χ1n) is 4.72. The summed E-state index contributed by atoms with van der Waals surface area (Å²) < 4.78 is 4.65. The molecular weight excluding hydrogens is 284 g/mol. The number of nitro groups is 2. The molecule has 0 heterocycles. The van der Waals surface area contributed by atoms with E-state index in [4.69, 9.17) is 16.7 Å². The predicted octanol–water partition coefficient (Wildman–Crippen LogP) is 1.93. The van der Waals surface area contributed by atoms with E-state index in [0.29, 0.717) is 0 Å². The fraction of sp³-hybridized carbons (Fsp3) is 0.222. The molecule has 0 atom stereocenters. The summed E-state index contributed by atoms with van der Waals surface area (Å²) in [4.78, 5) is 30.3. The maximum absolute atomic E-state index is 10.9. The highest BCUT2D eigenvalue weighted by atomic mass is 35.5. The van der Waals surface area contributed by atoms with Gasteiger partial charge in [-0.1, -0.05) is 11.6 Å². The van der Waals surface area contributed by atoms with Gasteiger partial charge in [0, 0.05) is 11.6 Å². The van der Waals surface area contributed by atoms with Crippen molar-refractivity contribution in [2.24, 2.45) is 0 Å². The van der Waals surface area contributed by atoms with Crippen LogP contribution in [-0.2, 0) is 4.79 Å². The zero-order valence-electron chi connectivity index (χ0n) is 9.45. The minimum Gasteiger partial charge on any atom is -0.479 e. The molecule has 0 aliphatic carbocycles. The van der Waals surface area contributed by atoms with Crippen LogP contribution in [-0.4, -0.2) is 27.5 Å². The van der Waals surface area contributed by atoms with Gasteiger partial charge in [-0.25, -0.2) is 4.79 Å². The highest BCUT2D eigenvalue weighted by molar-refractivity contribution is 6.32. The number of nitrogens with zero attached hydrogens (tertiary/aromatic N) is 2. The average Bonchev–Trinajstić information content (AvgIpc) is 2.28. The van der Waals surface area contributed by atoms with Gasteiger partial charge in [-0.05, 0) is 6.92 Å². The van der Waals surface area contributed by atoms with Crippen LogP contribution >= 0.6 is 11.6 Å². The Balaban J connectivity index is 3.52. The van der Waals surface area contributed by atoms with Crippen molar-refractivity contribution in [3.8, 4) is 5.75 Å². The van der Waals surface area contributed by atoms with Crippen LogP contribution in [0.1, 0.15) is 5.56 Å². The van der Waals surface area contributed by atoms with Crippen LogP contribution < -0.4 is 4.74 Å². The molecule has 0 aliphatic rings. The lowest BCUT2D eigenvalue weighted by atomic mass is 10.1. The normalized spacial score (nSPS) is 10.0. The summed E-state index contributed by atoms with van der Waals surface area (Å²) in [5.74, 6) is -2.14. The number of carbonyl (C=O) groups is 1. The number of rotatable bonds is 5. The van der Waals surface area contributed by atoms with E-state index in [9.17, 15) is 25.0 Å². The van der Waals surface area contributed by atoms with E-state index >= 15 is 0 Å². The average molecular weight is 291 g/mol. The Morgan fingerprint density at radius 3 is 2.42 bits per heavy atom. The van der Waals surface area contributed by atoms with Gasteiger partial charge in [0.15, 0.2) is 6.61 Å². The third kappa shape index (κ3) is 3.07. The number of halogens is 1. The topological polar surface area (TPSA) is 133 Å². The Bertz CT molecular complexity index is 572. The van der Waals surface area contributed by atoms with E-state index in [1.807, 2.05) is 0 Å². The van der Waals surface area contributed by atoms with Gasteiger partial charge in [-0.3, -0.25) is 20.2 Å². The molecule has 0 amide bonds. The molecule has 1 aromatic rings. The van der Waals surface area contributed by atoms with Crippen LogP contribution in [0.2, 0.25) is 5.02 Å². The Hall–Kier alpha value is -2.42. The summed E-state index contributed by atoms with van der Waals surface area (Å²) in [7, 11) is 0. The second-order valence-electron chi connectivity index (χ2n) is 3.38. The lowest BCUT2D eigenvalue weighted by Crippen LogP contribution is -2.12. The molecule has 0 fully saturated rings. The van der Waals surface area contributed by atoms with Crippen molar-refractivity contribution in [3.63, 3.8) is 0 Å². The fourth-order valence-corrected chi connectivity index (χ4v) is 1.52. The van der Waals surface area contributed by atoms with Crippen LogP contribution in [0.3, 0.4) is 0 Å². The van der Waals surface area contributed by atoms with Crippen molar-refractivity contribution in [2.75, 3.05) is 6.61 Å². The first-order valence-corrected chi connectivity index (χ1v) is 5.10. The van der Waals surface area contributed by atoms with Gasteiger partial charge in [0.25, 0.3) is 5.75 Å². The summed E-state index contributed by atoms with van der Waals surface area (Å²) >= 11 is 5.66. The van der Waals surface area contributed by atoms with E-state index in [1.165, 1.54) is 6.92 Å². The quantitative estimate of drug-likeness (QED) is 0.646. The van der Waals surface area contributed by atoms with Gasteiger partial charge >= 0.3 is 17.3 Å². The molecule has 10 heteroatoms. The maximum Gasteiger partial charge on any atom is 0.341 e. The zero-order chi connectivity index (χ0) is 14.7. The standard InChI is InChI=1S/C9H7ClN2O7/c1-4-5(10)2-6(11(15)16)9(8(4)12(17)18)19-3-7(13)14/h2H,3H2,1H3,(H,13,14). The van der Waals surface area contributed by atoms with Crippen molar-refractivity contribution >= 4 is 28.9 Å². The summed E-state index contributed by atoms with van der Waals surface area (Å²) in [5.41, 5.74) is -1.53. The molecule has 0 radical (unpaired) electrons. The third-order valence-electron chi connectivity index (χ3n) is 2.14. The molecular formula is C9H7ClN2O7. The molecule has 1 aromatic carbocycles. The number of nitro benzene ring substituents is 2. The summed E-state index contributed by atoms with van der Waals surface area (Å²) in [6, 6.07) is 0.876. The van der Waals surface area contributed by atoms with E-state index < -0.39 is 39.5 Å². The largest absolute Gasteiger partial charge is 0.479 e. The smallest absolute Gasteiger partial charge is 0.341 e. The SMILES string of the molecule is Cc1c(Cl)cc([N+](=O)[O-])c(OCC(=O)O)c1[N+](=O)[O-]. The molecule has 0 bridgehead atoms. The number of hydrogen-bond acceptors (Lipinski definition) is 6. The predicted molar refractivity (Wildman–Crippen MR) is 62.6 cm³/mol. The van der Waals surface area contributed by atoms with Crippen LogP contribution in [0, 0.1) is 27.2 Å². The van der Waals surface area contributed by atoms with Gasteiger partial charge in [-0.2, -0.15) is 0 Å². The third-order valence-corrected chi connectivity index (χ3v) is 2.54. The van der Waals surface area contributed by atoms with Gasteiger partial charge in [-0.15, -0.1) is 0 Å². The minimum absolute atomic E-state index is 0.0438. The number of benzene rings is 1. The van der Waals surface area contributed by atoms with Crippen molar-refractivity contribution in [1.29, 1.82) is 0 Å². The Kier molecular flexibility index (Phi) is 4.22. The first-order chi connectivity index (χ1) is 8.75. The van der Waals surface area contributed by atoms with Crippen LogP contribution in [0.4, 0.5) is 11.4 Å². The fourth-order valence-electron chi connectivity index (χ4n) is 1.33. The Morgan fingerprint density at radius 2 is 2.00 bits per heavy atom. The highest BCUT2D eigenvalue weighted by Gasteiger charge is 2.32. The molecule has 0 unspecified atom stereocenters. The monoisotopic (exact) mass is 290 g/mol. The molecule has 0 saturated heterocycles. The number of ether oxygens (including phenoxy) is 1. The zero-order valence-corrected chi connectivity index (χ0v) is 10.2. The second kappa shape index (κ2) is 5.48. The molecule has 0 aromatic heterocycles. The summed E-state index contributed by atoms with van der Waals surface area (Å²) in [6.45, 7) is 0.334. The van der Waals surface area contributed by atoms with Crippen molar-refractivity contribution < 1.29 is 24.5 Å². The van der Waals surface area contributed by atoms with Gasteiger partial charge < -0.3 is 9.84 Å². The van der Waals surface area contributed by atoms with E-state index in [1.54, 1.807) is 0 Å². The number of hydrogen-bond donors (Lipinski definition) is 1. The van der Waals surface area contributed by atoms with Gasteiger partial charge in [0.05, 0.1) is 14.9 Å². The molecule has 9 nitrogen and oxygen atoms in total. The number of aliphatic carboxylic acids is 1. The lowest BCUT2D eigenvalue weighted by Gasteiger charge is -2.08. The van der Waals surface area contributed by atoms with Crippen LogP contribution in [0.15, 0.2) is 6.07 Å². The van der Waals surface area contributed by atoms with Crippen molar-refractivity contribution in [1.82, 2.24) is 0 Å². The van der Waals surface area contributed by atoms with E-state index in [0.717, 1.165) is 6.07 Å². The second-order valence-corrected chi connectivity index (χ2v) is 3.78. The van der Waals surface area contributed by atoms with Crippen molar-refractivity contribution in [2.45, 2.75) is 6.92 Å². The molecule has 0 aliphatic heterocycles. The first kappa shape index (κ1) is 14.6. The number of carboxylic acids is 1. The summed E-state index contributed by atoms with van der Waals surface area (Å²) in [6.07, 6.45) is 0. The van der Waals surface area contributed by atoms with Crippen LogP contribution in [0.25, 0.3) is 0 Å². The molecule has 19 heavy (non-hydrogen) atoms.